The Balaban J connectivity index is 1.91. The van der Waals surface area contributed by atoms with E-state index in [0.717, 1.165) is 24.5 Å². The summed E-state index contributed by atoms with van der Waals surface area (Å²) >= 11 is 0. The first-order chi connectivity index (χ1) is 7.63. The van der Waals surface area contributed by atoms with Crippen molar-refractivity contribution >= 4 is 0 Å². The number of rotatable bonds is 4. The highest BCUT2D eigenvalue weighted by Gasteiger charge is 2.06. The van der Waals surface area contributed by atoms with Crippen molar-refractivity contribution in [2.45, 2.75) is 20.0 Å². The molecule has 16 heavy (non-hydrogen) atoms. The van der Waals surface area contributed by atoms with Crippen molar-refractivity contribution in [2.75, 3.05) is 7.05 Å². The minimum Gasteiger partial charge on any atom is -0.360 e. The van der Waals surface area contributed by atoms with Crippen LogP contribution in [0.4, 0.5) is 0 Å². The number of aryl methyl sites for hydroxylation is 2. The lowest BCUT2D eigenvalue weighted by Crippen LogP contribution is -2.16. The molecule has 0 N–H and O–H groups in total. The quantitative estimate of drug-likeness (QED) is 0.780. The van der Waals surface area contributed by atoms with E-state index in [1.54, 1.807) is 0 Å². The van der Waals surface area contributed by atoms with Crippen LogP contribution in [-0.4, -0.2) is 26.9 Å². The number of hydrogen-bond acceptors (Lipinski definition) is 4. The average molecular weight is 220 g/mol. The average Bonchev–Trinajstić information content (AvgIpc) is 2.76. The summed E-state index contributed by atoms with van der Waals surface area (Å²) in [6.45, 7) is 3.54. The van der Waals surface area contributed by atoms with Crippen LogP contribution in [0.1, 0.15) is 17.0 Å². The smallest absolute Gasteiger partial charge is 0.150 e. The van der Waals surface area contributed by atoms with Crippen LogP contribution in [0.5, 0.6) is 0 Å². The summed E-state index contributed by atoms with van der Waals surface area (Å²) in [5.41, 5.74) is 2.12. The van der Waals surface area contributed by atoms with Crippen LogP contribution >= 0.6 is 0 Å². The zero-order valence-corrected chi connectivity index (χ0v) is 9.84. The highest BCUT2D eigenvalue weighted by atomic mass is 16.5. The van der Waals surface area contributed by atoms with Gasteiger partial charge in [-0.1, -0.05) is 5.16 Å². The molecule has 0 unspecified atom stereocenters. The van der Waals surface area contributed by atoms with Gasteiger partial charge in [0.15, 0.2) is 5.76 Å². The van der Waals surface area contributed by atoms with E-state index in [2.05, 4.69) is 15.2 Å². The molecule has 5 nitrogen and oxygen atoms in total. The van der Waals surface area contributed by atoms with E-state index in [1.807, 2.05) is 44.2 Å². The molecule has 0 fully saturated rings. The number of nitrogens with zero attached hydrogens (tertiary/aromatic N) is 4. The van der Waals surface area contributed by atoms with Crippen molar-refractivity contribution in [1.29, 1.82) is 0 Å². The van der Waals surface area contributed by atoms with E-state index in [4.69, 9.17) is 4.52 Å². The van der Waals surface area contributed by atoms with Gasteiger partial charge in [0.2, 0.25) is 0 Å². The van der Waals surface area contributed by atoms with Gasteiger partial charge in [-0.05, 0) is 14.0 Å². The summed E-state index contributed by atoms with van der Waals surface area (Å²) in [5, 5.41) is 8.00. The Morgan fingerprint density at radius 3 is 2.81 bits per heavy atom. The van der Waals surface area contributed by atoms with E-state index in [-0.39, 0.29) is 0 Å². The lowest BCUT2D eigenvalue weighted by Gasteiger charge is -2.12. The maximum Gasteiger partial charge on any atom is 0.150 e. The Kier molecular flexibility index (Phi) is 3.05. The van der Waals surface area contributed by atoms with Gasteiger partial charge in [0.05, 0.1) is 18.4 Å². The van der Waals surface area contributed by atoms with E-state index >= 15 is 0 Å². The molecule has 5 heteroatoms. The summed E-state index contributed by atoms with van der Waals surface area (Å²) in [6, 6.07) is 1.96. The molecule has 86 valence electrons. The van der Waals surface area contributed by atoms with Gasteiger partial charge < -0.3 is 4.52 Å². The van der Waals surface area contributed by atoms with Crippen LogP contribution in [0.15, 0.2) is 23.0 Å². The molecular weight excluding hydrogens is 204 g/mol. The molecule has 0 aliphatic carbocycles. The maximum atomic E-state index is 5.17. The summed E-state index contributed by atoms with van der Waals surface area (Å²) in [5.74, 6) is 0.892. The van der Waals surface area contributed by atoms with Gasteiger partial charge in [0.1, 0.15) is 0 Å². The Labute approximate surface area is 94.6 Å². The summed E-state index contributed by atoms with van der Waals surface area (Å²) in [4.78, 5) is 2.16. The Morgan fingerprint density at radius 2 is 2.25 bits per heavy atom. The van der Waals surface area contributed by atoms with Gasteiger partial charge >= 0.3 is 0 Å². The third kappa shape index (κ3) is 2.70. The van der Waals surface area contributed by atoms with Gasteiger partial charge in [-0.2, -0.15) is 5.10 Å². The Morgan fingerprint density at radius 1 is 1.44 bits per heavy atom. The van der Waals surface area contributed by atoms with E-state index < -0.39 is 0 Å². The standard InChI is InChI=1S/C11H16N4O/c1-9-4-11(16-13-9)8-14(2)6-10-5-12-15(3)7-10/h4-5,7H,6,8H2,1-3H3. The topological polar surface area (TPSA) is 47.1 Å². The van der Waals surface area contributed by atoms with Crippen molar-refractivity contribution in [2.24, 2.45) is 7.05 Å². The fourth-order valence-electron chi connectivity index (χ4n) is 1.68. The summed E-state index contributed by atoms with van der Waals surface area (Å²) in [6.07, 6.45) is 3.89. The second-order valence-corrected chi connectivity index (χ2v) is 4.13. The first kappa shape index (κ1) is 10.9. The molecule has 0 amide bonds. The molecule has 0 atom stereocenters. The summed E-state index contributed by atoms with van der Waals surface area (Å²) in [7, 11) is 3.97. The van der Waals surface area contributed by atoms with Crippen LogP contribution in [0, 0.1) is 6.92 Å². The van der Waals surface area contributed by atoms with Gasteiger partial charge in [0, 0.05) is 31.4 Å². The van der Waals surface area contributed by atoms with Crippen LogP contribution in [-0.2, 0) is 20.1 Å². The zero-order chi connectivity index (χ0) is 11.5. The Bertz CT molecular complexity index is 418. The summed E-state index contributed by atoms with van der Waals surface area (Å²) < 4.78 is 6.97. The molecule has 0 spiro atoms. The fourth-order valence-corrected chi connectivity index (χ4v) is 1.68. The largest absolute Gasteiger partial charge is 0.360 e. The molecular formula is C11H16N4O. The minimum absolute atomic E-state index is 0.760. The molecule has 2 heterocycles. The number of hydrogen-bond donors (Lipinski definition) is 0. The molecule has 0 aromatic carbocycles. The third-order valence-corrected chi connectivity index (χ3v) is 2.31. The first-order valence-electron chi connectivity index (χ1n) is 5.22. The predicted octanol–water partition coefficient (Wildman–Crippen LogP) is 1.35. The van der Waals surface area contributed by atoms with Crippen LogP contribution in [0.3, 0.4) is 0 Å². The SMILES string of the molecule is Cc1cc(CN(C)Cc2cnn(C)c2)on1. The monoisotopic (exact) mass is 220 g/mol. The molecule has 0 saturated carbocycles. The van der Waals surface area contributed by atoms with Crippen LogP contribution < -0.4 is 0 Å². The molecule has 2 aromatic rings. The highest BCUT2D eigenvalue weighted by Crippen LogP contribution is 2.08. The predicted molar refractivity (Wildman–Crippen MR) is 59.6 cm³/mol. The first-order valence-corrected chi connectivity index (χ1v) is 5.22. The van der Waals surface area contributed by atoms with Gasteiger partial charge in [0.25, 0.3) is 0 Å². The van der Waals surface area contributed by atoms with Crippen molar-refractivity contribution < 1.29 is 4.52 Å². The van der Waals surface area contributed by atoms with E-state index in [9.17, 15) is 0 Å². The Hall–Kier alpha value is -1.62. The molecule has 2 aromatic heterocycles. The normalized spacial score (nSPS) is 11.2. The molecule has 0 saturated heterocycles. The van der Waals surface area contributed by atoms with E-state index in [1.165, 1.54) is 5.56 Å². The van der Waals surface area contributed by atoms with Gasteiger partial charge in [-0.3, -0.25) is 9.58 Å². The highest BCUT2D eigenvalue weighted by molar-refractivity contribution is 5.05. The van der Waals surface area contributed by atoms with Crippen LogP contribution in [0.2, 0.25) is 0 Å². The zero-order valence-electron chi connectivity index (χ0n) is 9.84. The van der Waals surface area contributed by atoms with Gasteiger partial charge in [-0.15, -0.1) is 0 Å². The second-order valence-electron chi connectivity index (χ2n) is 4.13. The number of aromatic nitrogens is 3. The molecule has 0 aliphatic rings. The van der Waals surface area contributed by atoms with Crippen molar-refractivity contribution in [3.8, 4) is 0 Å². The molecule has 0 aliphatic heterocycles. The lowest BCUT2D eigenvalue weighted by molar-refractivity contribution is 0.266. The fraction of sp³-hybridized carbons (Fsp3) is 0.455. The molecule has 2 rings (SSSR count). The van der Waals surface area contributed by atoms with Crippen molar-refractivity contribution in [1.82, 2.24) is 19.8 Å². The molecule has 0 radical (unpaired) electrons. The second kappa shape index (κ2) is 4.49. The van der Waals surface area contributed by atoms with Crippen molar-refractivity contribution in [3.05, 3.63) is 35.5 Å². The van der Waals surface area contributed by atoms with Gasteiger partial charge in [-0.25, -0.2) is 0 Å². The lowest BCUT2D eigenvalue weighted by atomic mass is 10.3. The maximum absolute atomic E-state index is 5.17. The van der Waals surface area contributed by atoms with Crippen molar-refractivity contribution in [3.63, 3.8) is 0 Å². The molecule has 0 bridgehead atoms. The van der Waals surface area contributed by atoms with E-state index in [0.29, 0.717) is 0 Å². The van der Waals surface area contributed by atoms with Crippen LogP contribution in [0.25, 0.3) is 0 Å². The third-order valence-electron chi connectivity index (χ3n) is 2.31. The minimum atomic E-state index is 0.760.